The molecule has 8 nitrogen and oxygen atoms in total. The molecular formula is C22H19N5O3S. The van der Waals surface area contributed by atoms with Gasteiger partial charge < -0.3 is 20.1 Å². The number of ether oxygens (including phenoxy) is 2. The number of thiophene rings is 1. The maximum absolute atomic E-state index is 12.4. The predicted molar refractivity (Wildman–Crippen MR) is 115 cm³/mol. The lowest BCUT2D eigenvalue weighted by molar-refractivity contribution is 0.0652. The van der Waals surface area contributed by atoms with Gasteiger partial charge >= 0.3 is 0 Å². The van der Waals surface area contributed by atoms with Gasteiger partial charge in [0.2, 0.25) is 5.95 Å². The van der Waals surface area contributed by atoms with E-state index in [1.165, 1.54) is 11.3 Å². The lowest BCUT2D eigenvalue weighted by Gasteiger charge is -2.18. The minimum absolute atomic E-state index is 0.111. The van der Waals surface area contributed by atoms with E-state index in [4.69, 9.17) is 14.7 Å². The number of benzene rings is 1. The fourth-order valence-corrected chi connectivity index (χ4v) is 4.52. The Labute approximate surface area is 182 Å². The molecular weight excluding hydrogens is 414 g/mol. The molecule has 2 saturated heterocycles. The summed E-state index contributed by atoms with van der Waals surface area (Å²) in [6, 6.07) is 14.5. The zero-order valence-corrected chi connectivity index (χ0v) is 17.2. The van der Waals surface area contributed by atoms with Crippen LogP contribution in [0.15, 0.2) is 54.0 Å². The van der Waals surface area contributed by atoms with Crippen LogP contribution < -0.4 is 10.6 Å². The molecule has 2 aromatic heterocycles. The molecule has 156 valence electrons. The van der Waals surface area contributed by atoms with E-state index < -0.39 is 0 Å². The van der Waals surface area contributed by atoms with Crippen molar-refractivity contribution in [3.05, 3.63) is 64.5 Å². The summed E-state index contributed by atoms with van der Waals surface area (Å²) in [6.45, 7) is 0.824. The first-order valence-corrected chi connectivity index (χ1v) is 10.8. The molecule has 2 aliphatic heterocycles. The number of hydrogen-bond acceptors (Lipinski definition) is 8. The first kappa shape index (κ1) is 19.6. The lowest BCUT2D eigenvalue weighted by Crippen LogP contribution is -2.44. The molecule has 9 heteroatoms. The van der Waals surface area contributed by atoms with Crippen LogP contribution in [0.5, 0.6) is 0 Å². The molecule has 31 heavy (non-hydrogen) atoms. The summed E-state index contributed by atoms with van der Waals surface area (Å²) in [4.78, 5) is 21.9. The maximum atomic E-state index is 12.4. The lowest BCUT2D eigenvalue weighted by atomic mass is 10.1. The van der Waals surface area contributed by atoms with Gasteiger partial charge in [0.05, 0.1) is 47.5 Å². The van der Waals surface area contributed by atoms with Gasteiger partial charge in [-0.3, -0.25) is 4.79 Å². The summed E-state index contributed by atoms with van der Waals surface area (Å²) in [5, 5.41) is 17.3. The van der Waals surface area contributed by atoms with Crippen LogP contribution in [0, 0.1) is 11.3 Å². The third-order valence-electron chi connectivity index (χ3n) is 5.37. The van der Waals surface area contributed by atoms with Crippen LogP contribution in [0.1, 0.15) is 15.2 Å². The van der Waals surface area contributed by atoms with Crippen LogP contribution in [0.25, 0.3) is 11.3 Å². The van der Waals surface area contributed by atoms with E-state index in [2.05, 4.69) is 26.7 Å². The van der Waals surface area contributed by atoms with Crippen molar-refractivity contribution < 1.29 is 14.3 Å². The van der Waals surface area contributed by atoms with Crippen LogP contribution in [-0.2, 0) is 9.47 Å². The van der Waals surface area contributed by atoms with Crippen molar-refractivity contribution in [1.82, 2.24) is 15.3 Å². The minimum Gasteiger partial charge on any atom is -0.371 e. The van der Waals surface area contributed by atoms with E-state index in [9.17, 15) is 4.79 Å². The second kappa shape index (κ2) is 8.43. The Morgan fingerprint density at radius 1 is 1.13 bits per heavy atom. The fraction of sp³-hybridized carbons (Fsp3) is 0.273. The number of nitrogens with zero attached hydrogens (tertiary/aromatic N) is 3. The molecule has 0 spiro atoms. The van der Waals surface area contributed by atoms with Crippen molar-refractivity contribution in [2.24, 2.45) is 0 Å². The van der Waals surface area contributed by atoms with Crippen molar-refractivity contribution in [1.29, 1.82) is 5.26 Å². The Bertz CT molecular complexity index is 1130. The van der Waals surface area contributed by atoms with Gasteiger partial charge in [0, 0.05) is 11.8 Å². The molecule has 5 rings (SSSR count). The monoisotopic (exact) mass is 433 g/mol. The standard InChI is InChI=1S/C22H19N5O3S/c23-10-13-3-1-4-14(9-13)15-6-7-24-22(26-15)27-17-12-30-19-16(11-29-20(17)19)25-21(28)18-5-2-8-31-18/h1-9,16-17,19-20H,11-12H2,(H,25,28)(H,24,26,27)/t16-,17+,19-,20+/m0/s1. The van der Waals surface area contributed by atoms with E-state index >= 15 is 0 Å². The van der Waals surface area contributed by atoms with Crippen LogP contribution in [-0.4, -0.2) is 53.4 Å². The molecule has 4 atom stereocenters. The van der Waals surface area contributed by atoms with Gasteiger partial charge in [-0.25, -0.2) is 9.97 Å². The Kier molecular flexibility index (Phi) is 5.34. The molecule has 2 aliphatic rings. The van der Waals surface area contributed by atoms with E-state index in [-0.39, 0.29) is 30.2 Å². The molecule has 4 heterocycles. The van der Waals surface area contributed by atoms with Gasteiger partial charge in [-0.1, -0.05) is 18.2 Å². The Morgan fingerprint density at radius 3 is 2.77 bits per heavy atom. The highest BCUT2D eigenvalue weighted by Gasteiger charge is 2.48. The molecule has 1 amide bonds. The van der Waals surface area contributed by atoms with Crippen molar-refractivity contribution in [3.63, 3.8) is 0 Å². The average molecular weight is 433 g/mol. The molecule has 1 aromatic carbocycles. The zero-order chi connectivity index (χ0) is 21.2. The predicted octanol–water partition coefficient (Wildman–Crippen LogP) is 2.45. The van der Waals surface area contributed by atoms with Crippen LogP contribution in [0.2, 0.25) is 0 Å². The second-order valence-electron chi connectivity index (χ2n) is 7.36. The Hall–Kier alpha value is -3.32. The number of anilines is 1. The number of amides is 1. The highest BCUT2D eigenvalue weighted by atomic mass is 32.1. The summed E-state index contributed by atoms with van der Waals surface area (Å²) in [6.07, 6.45) is 1.25. The number of nitriles is 1. The van der Waals surface area contributed by atoms with Crippen molar-refractivity contribution in [2.45, 2.75) is 24.3 Å². The number of rotatable bonds is 5. The SMILES string of the molecule is N#Cc1cccc(-c2ccnc(N[C@@H]3CO[C@@H]4[C@@H]3OC[C@@H]4NC(=O)c3cccs3)n2)c1. The molecule has 0 bridgehead atoms. The minimum atomic E-state index is -0.225. The van der Waals surface area contributed by atoms with E-state index in [0.717, 1.165) is 11.3 Å². The van der Waals surface area contributed by atoms with Crippen molar-refractivity contribution >= 4 is 23.2 Å². The van der Waals surface area contributed by atoms with Gasteiger partial charge in [-0.15, -0.1) is 11.3 Å². The first-order valence-electron chi connectivity index (χ1n) is 9.89. The zero-order valence-electron chi connectivity index (χ0n) is 16.4. The Morgan fingerprint density at radius 2 is 1.97 bits per heavy atom. The van der Waals surface area contributed by atoms with Gasteiger partial charge in [0.1, 0.15) is 12.2 Å². The van der Waals surface area contributed by atoms with E-state index in [1.54, 1.807) is 30.5 Å². The number of nitrogens with one attached hydrogen (secondary N) is 2. The van der Waals surface area contributed by atoms with Gasteiger partial charge in [-0.2, -0.15) is 5.26 Å². The average Bonchev–Trinajstić information content (AvgIpc) is 3.55. The molecule has 2 N–H and O–H groups in total. The molecule has 0 unspecified atom stereocenters. The summed E-state index contributed by atoms with van der Waals surface area (Å²) < 4.78 is 11.9. The van der Waals surface area contributed by atoms with Crippen LogP contribution in [0.4, 0.5) is 5.95 Å². The summed E-state index contributed by atoms with van der Waals surface area (Å²) in [7, 11) is 0. The van der Waals surface area contributed by atoms with Gasteiger partial charge in [-0.05, 0) is 29.6 Å². The molecule has 0 saturated carbocycles. The third-order valence-corrected chi connectivity index (χ3v) is 6.24. The number of hydrogen-bond donors (Lipinski definition) is 2. The third kappa shape index (κ3) is 4.01. The summed E-state index contributed by atoms with van der Waals surface area (Å²) >= 11 is 1.40. The highest BCUT2D eigenvalue weighted by molar-refractivity contribution is 7.12. The van der Waals surface area contributed by atoms with Gasteiger partial charge in [0.25, 0.3) is 5.91 Å². The topological polar surface area (TPSA) is 109 Å². The Balaban J connectivity index is 1.26. The van der Waals surface area contributed by atoms with Gasteiger partial charge in [0.15, 0.2) is 0 Å². The maximum Gasteiger partial charge on any atom is 0.261 e. The normalized spacial score (nSPS) is 24.4. The van der Waals surface area contributed by atoms with E-state index in [0.29, 0.717) is 29.6 Å². The molecule has 0 aliphatic carbocycles. The fourth-order valence-electron chi connectivity index (χ4n) is 3.90. The number of aromatic nitrogens is 2. The summed E-state index contributed by atoms with van der Waals surface area (Å²) in [5.74, 6) is 0.351. The molecule has 2 fully saturated rings. The largest absolute Gasteiger partial charge is 0.371 e. The quantitative estimate of drug-likeness (QED) is 0.636. The summed E-state index contributed by atoms with van der Waals surface area (Å²) in [5.41, 5.74) is 2.14. The van der Waals surface area contributed by atoms with Crippen molar-refractivity contribution in [2.75, 3.05) is 18.5 Å². The number of carbonyl (C=O) groups is 1. The molecule has 0 radical (unpaired) electrons. The highest BCUT2D eigenvalue weighted by Crippen LogP contribution is 2.29. The number of carbonyl (C=O) groups excluding carboxylic acids is 1. The first-order chi connectivity index (χ1) is 15.2. The van der Waals surface area contributed by atoms with Crippen molar-refractivity contribution in [3.8, 4) is 17.3 Å². The molecule has 3 aromatic rings. The van der Waals surface area contributed by atoms with E-state index in [1.807, 2.05) is 23.6 Å². The van der Waals surface area contributed by atoms with Crippen LogP contribution >= 0.6 is 11.3 Å². The second-order valence-corrected chi connectivity index (χ2v) is 8.31. The number of fused-ring (bicyclic) bond motifs is 1. The van der Waals surface area contributed by atoms with Crippen LogP contribution in [0.3, 0.4) is 0 Å². The smallest absolute Gasteiger partial charge is 0.261 e.